The molecule has 0 aromatic carbocycles. The van der Waals surface area contributed by atoms with Crippen molar-refractivity contribution in [3.8, 4) is 0 Å². The Labute approximate surface area is 174 Å². The Hall–Kier alpha value is -0.0400. The van der Waals surface area contributed by atoms with E-state index >= 15 is 0 Å². The molecule has 0 rings (SSSR count). The molecule has 0 aliphatic heterocycles. The summed E-state index contributed by atoms with van der Waals surface area (Å²) in [7, 11) is 0. The summed E-state index contributed by atoms with van der Waals surface area (Å²) in [5.41, 5.74) is 0. The van der Waals surface area contributed by atoms with Crippen molar-refractivity contribution in [3.63, 3.8) is 0 Å². The highest BCUT2D eigenvalue weighted by atomic mass is 15.1. The first-order valence-electron chi connectivity index (χ1n) is 12.9. The van der Waals surface area contributed by atoms with Gasteiger partial charge in [-0.15, -0.1) is 0 Å². The van der Waals surface area contributed by atoms with Crippen molar-refractivity contribution in [3.05, 3.63) is 0 Å². The fourth-order valence-corrected chi connectivity index (χ4v) is 4.44. The molecule has 0 fully saturated rings. The van der Waals surface area contributed by atoms with E-state index in [-0.39, 0.29) is 0 Å². The molecule has 0 saturated carbocycles. The molecule has 164 valence electrons. The van der Waals surface area contributed by atoms with Crippen LogP contribution >= 0.6 is 0 Å². The van der Waals surface area contributed by atoms with Gasteiger partial charge in [-0.3, -0.25) is 0 Å². The van der Waals surface area contributed by atoms with Crippen LogP contribution in [0, 0.1) is 11.8 Å². The fraction of sp³-hybridized carbons (Fsp3) is 1.00. The van der Waals surface area contributed by atoms with E-state index in [1.165, 1.54) is 122 Å². The lowest BCUT2D eigenvalue weighted by Crippen LogP contribution is -2.35. The van der Waals surface area contributed by atoms with Crippen molar-refractivity contribution in [1.82, 2.24) is 4.90 Å². The normalized spacial score (nSPS) is 14.0. The maximum atomic E-state index is 2.88. The van der Waals surface area contributed by atoms with Crippen molar-refractivity contribution >= 4 is 0 Å². The Morgan fingerprint density at radius 2 is 1.04 bits per heavy atom. The molecule has 0 saturated heterocycles. The third kappa shape index (κ3) is 16.6. The maximum Gasteiger partial charge on any atom is 0.000977 e. The van der Waals surface area contributed by atoms with Crippen molar-refractivity contribution in [2.45, 2.75) is 137 Å². The zero-order valence-electron chi connectivity index (χ0n) is 20.0. The Morgan fingerprint density at radius 3 is 1.67 bits per heavy atom. The highest BCUT2D eigenvalue weighted by Gasteiger charge is 2.17. The van der Waals surface area contributed by atoms with Crippen LogP contribution in [-0.4, -0.2) is 24.5 Å². The summed E-state index contributed by atoms with van der Waals surface area (Å²) >= 11 is 0. The Balaban J connectivity index is 4.55. The summed E-state index contributed by atoms with van der Waals surface area (Å²) in [4.78, 5) is 2.88. The van der Waals surface area contributed by atoms with Gasteiger partial charge in [0.1, 0.15) is 0 Å². The van der Waals surface area contributed by atoms with E-state index in [1.807, 2.05) is 0 Å². The Morgan fingerprint density at radius 1 is 0.481 bits per heavy atom. The van der Waals surface area contributed by atoms with Crippen LogP contribution in [0.4, 0.5) is 0 Å². The molecule has 1 nitrogen and oxygen atoms in total. The molecule has 2 atom stereocenters. The number of nitrogens with zero attached hydrogens (tertiary/aromatic N) is 1. The lowest BCUT2D eigenvalue weighted by molar-refractivity contribution is 0.175. The molecule has 1 heteroatoms. The summed E-state index contributed by atoms with van der Waals surface area (Å²) in [6.07, 6.45) is 22.6. The first-order chi connectivity index (χ1) is 13.2. The summed E-state index contributed by atoms with van der Waals surface area (Å²) in [6, 6.07) is 0. The minimum absolute atomic E-state index is 0.919. The van der Waals surface area contributed by atoms with E-state index in [0.717, 1.165) is 11.8 Å². The van der Waals surface area contributed by atoms with Crippen LogP contribution in [-0.2, 0) is 0 Å². The summed E-state index contributed by atoms with van der Waals surface area (Å²) in [5, 5.41) is 0. The molecule has 27 heavy (non-hydrogen) atoms. The number of hydrogen-bond acceptors (Lipinski definition) is 1. The van der Waals surface area contributed by atoms with Crippen LogP contribution in [0.5, 0.6) is 0 Å². The van der Waals surface area contributed by atoms with Crippen LogP contribution in [0.2, 0.25) is 0 Å². The average Bonchev–Trinajstić information content (AvgIpc) is 2.67. The number of rotatable bonds is 21. The van der Waals surface area contributed by atoms with Gasteiger partial charge in [0.2, 0.25) is 0 Å². The Kier molecular flexibility index (Phi) is 20.7. The highest BCUT2D eigenvalue weighted by molar-refractivity contribution is 4.71. The monoisotopic (exact) mass is 381 g/mol. The van der Waals surface area contributed by atoms with Gasteiger partial charge >= 0.3 is 0 Å². The molecular formula is C26H55N. The second kappa shape index (κ2) is 20.7. The molecule has 0 N–H and O–H groups in total. The van der Waals surface area contributed by atoms with E-state index < -0.39 is 0 Å². The first kappa shape index (κ1) is 27.0. The molecule has 0 aromatic heterocycles. The Bertz CT molecular complexity index is 275. The van der Waals surface area contributed by atoms with Crippen molar-refractivity contribution < 1.29 is 0 Å². The largest absolute Gasteiger partial charge is 0.303 e. The van der Waals surface area contributed by atoms with E-state index in [2.05, 4.69) is 39.5 Å². The summed E-state index contributed by atoms with van der Waals surface area (Å²) in [6.45, 7) is 15.9. The van der Waals surface area contributed by atoms with Crippen LogP contribution < -0.4 is 0 Å². The van der Waals surface area contributed by atoms with Crippen LogP contribution in [0.1, 0.15) is 137 Å². The SMILES string of the molecule is CCCCCCCCN(CC(CC)CCCC)CC(CCC)CCCCC. The van der Waals surface area contributed by atoms with Crippen molar-refractivity contribution in [1.29, 1.82) is 0 Å². The molecule has 0 bridgehead atoms. The predicted molar refractivity (Wildman–Crippen MR) is 126 cm³/mol. The van der Waals surface area contributed by atoms with Crippen LogP contribution in [0.25, 0.3) is 0 Å². The molecule has 2 unspecified atom stereocenters. The van der Waals surface area contributed by atoms with Gasteiger partial charge in [-0.25, -0.2) is 0 Å². The van der Waals surface area contributed by atoms with Crippen LogP contribution in [0.3, 0.4) is 0 Å². The van der Waals surface area contributed by atoms with Gasteiger partial charge in [-0.1, -0.05) is 112 Å². The lowest BCUT2D eigenvalue weighted by Gasteiger charge is -2.31. The second-order valence-corrected chi connectivity index (χ2v) is 9.09. The zero-order chi connectivity index (χ0) is 20.2. The van der Waals surface area contributed by atoms with Gasteiger partial charge in [0.05, 0.1) is 0 Å². The highest BCUT2D eigenvalue weighted by Crippen LogP contribution is 2.21. The second-order valence-electron chi connectivity index (χ2n) is 9.09. The smallest absolute Gasteiger partial charge is 0.000977 e. The predicted octanol–water partition coefficient (Wildman–Crippen LogP) is 8.86. The van der Waals surface area contributed by atoms with Gasteiger partial charge in [-0.2, -0.15) is 0 Å². The first-order valence-corrected chi connectivity index (χ1v) is 12.9. The summed E-state index contributed by atoms with van der Waals surface area (Å²) < 4.78 is 0. The maximum absolute atomic E-state index is 2.88. The lowest BCUT2D eigenvalue weighted by atomic mass is 9.94. The van der Waals surface area contributed by atoms with Gasteiger partial charge in [-0.05, 0) is 44.1 Å². The molecule has 0 aliphatic rings. The molecule has 0 aromatic rings. The summed E-state index contributed by atoms with van der Waals surface area (Å²) in [5.74, 6) is 1.85. The zero-order valence-corrected chi connectivity index (χ0v) is 20.0. The molecule has 0 heterocycles. The molecule has 0 spiro atoms. The van der Waals surface area contributed by atoms with E-state index in [1.54, 1.807) is 0 Å². The van der Waals surface area contributed by atoms with E-state index in [9.17, 15) is 0 Å². The fourth-order valence-electron chi connectivity index (χ4n) is 4.44. The van der Waals surface area contributed by atoms with Crippen LogP contribution in [0.15, 0.2) is 0 Å². The van der Waals surface area contributed by atoms with Crippen molar-refractivity contribution in [2.75, 3.05) is 19.6 Å². The average molecular weight is 382 g/mol. The topological polar surface area (TPSA) is 3.24 Å². The molecule has 0 radical (unpaired) electrons. The van der Waals surface area contributed by atoms with E-state index in [0.29, 0.717) is 0 Å². The minimum Gasteiger partial charge on any atom is -0.303 e. The third-order valence-corrected chi connectivity index (χ3v) is 6.32. The standard InChI is InChI=1S/C26H55N/c1-6-11-14-15-16-18-22-27(23-25(10-5)20-13-8-3)24-26(19-9-4)21-17-12-7-2/h25-26H,6-24H2,1-5H3. The minimum atomic E-state index is 0.919. The van der Waals surface area contributed by atoms with Crippen molar-refractivity contribution in [2.24, 2.45) is 11.8 Å². The molecular weight excluding hydrogens is 326 g/mol. The number of unbranched alkanes of at least 4 members (excludes halogenated alkanes) is 8. The number of hydrogen-bond donors (Lipinski definition) is 0. The third-order valence-electron chi connectivity index (χ3n) is 6.32. The van der Waals surface area contributed by atoms with Gasteiger partial charge < -0.3 is 4.90 Å². The van der Waals surface area contributed by atoms with E-state index in [4.69, 9.17) is 0 Å². The van der Waals surface area contributed by atoms with Gasteiger partial charge in [0.15, 0.2) is 0 Å². The van der Waals surface area contributed by atoms with Gasteiger partial charge in [0, 0.05) is 13.1 Å². The molecule has 0 amide bonds. The quantitative estimate of drug-likeness (QED) is 0.179. The van der Waals surface area contributed by atoms with Gasteiger partial charge in [0.25, 0.3) is 0 Å². The molecule has 0 aliphatic carbocycles.